The third-order valence-electron chi connectivity index (χ3n) is 2.64. The van der Waals surface area contributed by atoms with E-state index in [1.165, 1.54) is 12.0 Å². The molecule has 0 aromatic carbocycles. The molecule has 0 spiro atoms. The van der Waals surface area contributed by atoms with Crippen LogP contribution in [-0.2, 0) is 9.53 Å². The standard InChI is InChI=1S/C9H15NO5/c1-15-8(12)4-7(11)6-2-3-10(5-6)9(13)14/h6-7,11H,2-5H2,1H3,(H,13,14)/t6-,7+/m0/s1. The SMILES string of the molecule is COC(=O)C[C@@H](O)[C@H]1CCN(C(=O)O)C1. The predicted molar refractivity (Wildman–Crippen MR) is 50.3 cm³/mol. The average Bonchev–Trinajstić information content (AvgIpc) is 2.66. The Bertz CT molecular complexity index is 255. The van der Waals surface area contributed by atoms with Crippen molar-refractivity contribution in [1.29, 1.82) is 0 Å². The molecule has 6 nitrogen and oxygen atoms in total. The molecule has 1 rings (SSSR count). The van der Waals surface area contributed by atoms with Crippen LogP contribution in [0.2, 0.25) is 0 Å². The lowest BCUT2D eigenvalue weighted by atomic mass is 9.99. The van der Waals surface area contributed by atoms with E-state index in [0.717, 1.165) is 0 Å². The summed E-state index contributed by atoms with van der Waals surface area (Å²) in [4.78, 5) is 22.7. The molecule has 1 fully saturated rings. The van der Waals surface area contributed by atoms with Crippen LogP contribution < -0.4 is 0 Å². The first-order valence-corrected chi connectivity index (χ1v) is 4.77. The van der Waals surface area contributed by atoms with Gasteiger partial charge in [0.15, 0.2) is 0 Å². The van der Waals surface area contributed by atoms with Crippen molar-refractivity contribution in [3.05, 3.63) is 0 Å². The summed E-state index contributed by atoms with van der Waals surface area (Å²) in [6.45, 7) is 0.700. The number of aliphatic hydroxyl groups excluding tert-OH is 1. The Morgan fingerprint density at radius 2 is 2.27 bits per heavy atom. The van der Waals surface area contributed by atoms with Crippen LogP contribution in [0.3, 0.4) is 0 Å². The molecule has 0 bridgehead atoms. The van der Waals surface area contributed by atoms with E-state index in [1.807, 2.05) is 0 Å². The molecule has 15 heavy (non-hydrogen) atoms. The fourth-order valence-corrected chi connectivity index (χ4v) is 1.70. The minimum absolute atomic E-state index is 0.0748. The number of carboxylic acid groups (broad SMARTS) is 1. The van der Waals surface area contributed by atoms with Crippen LogP contribution in [0.15, 0.2) is 0 Å². The normalized spacial score (nSPS) is 22.5. The number of rotatable bonds is 3. The zero-order valence-corrected chi connectivity index (χ0v) is 8.55. The Labute approximate surface area is 87.4 Å². The van der Waals surface area contributed by atoms with E-state index in [1.54, 1.807) is 0 Å². The summed E-state index contributed by atoms with van der Waals surface area (Å²) in [5, 5.41) is 18.3. The summed E-state index contributed by atoms with van der Waals surface area (Å²) in [5.41, 5.74) is 0. The van der Waals surface area contributed by atoms with E-state index in [2.05, 4.69) is 4.74 Å². The van der Waals surface area contributed by atoms with Gasteiger partial charge in [-0.2, -0.15) is 0 Å². The fourth-order valence-electron chi connectivity index (χ4n) is 1.70. The minimum atomic E-state index is -0.984. The molecule has 2 atom stereocenters. The highest BCUT2D eigenvalue weighted by Crippen LogP contribution is 2.21. The van der Waals surface area contributed by atoms with Crippen LogP contribution in [-0.4, -0.2) is 53.5 Å². The lowest BCUT2D eigenvalue weighted by Gasteiger charge is -2.17. The van der Waals surface area contributed by atoms with Gasteiger partial charge in [0.2, 0.25) is 0 Å². The second-order valence-electron chi connectivity index (χ2n) is 3.62. The molecule has 1 amide bonds. The number of esters is 1. The summed E-state index contributed by atoms with van der Waals surface area (Å²) in [5.74, 6) is -0.642. The topological polar surface area (TPSA) is 87.1 Å². The summed E-state index contributed by atoms with van der Waals surface area (Å²) in [7, 11) is 1.26. The number of hydrogen-bond acceptors (Lipinski definition) is 4. The lowest BCUT2D eigenvalue weighted by molar-refractivity contribution is -0.143. The molecule has 1 heterocycles. The molecule has 0 radical (unpaired) electrons. The number of nitrogens with zero attached hydrogens (tertiary/aromatic N) is 1. The fraction of sp³-hybridized carbons (Fsp3) is 0.778. The van der Waals surface area contributed by atoms with Gasteiger partial charge in [0, 0.05) is 19.0 Å². The van der Waals surface area contributed by atoms with Gasteiger partial charge in [-0.15, -0.1) is 0 Å². The van der Waals surface area contributed by atoms with E-state index in [4.69, 9.17) is 5.11 Å². The van der Waals surface area contributed by atoms with E-state index in [0.29, 0.717) is 13.0 Å². The highest BCUT2D eigenvalue weighted by atomic mass is 16.5. The maximum absolute atomic E-state index is 10.9. The predicted octanol–water partition coefficient (Wildman–Crippen LogP) is -0.0897. The summed E-state index contributed by atoms with van der Waals surface area (Å²) >= 11 is 0. The molecule has 86 valence electrons. The molecular formula is C9H15NO5. The van der Waals surface area contributed by atoms with Crippen LogP contribution in [0.4, 0.5) is 4.79 Å². The number of ether oxygens (including phenoxy) is 1. The van der Waals surface area contributed by atoms with E-state index >= 15 is 0 Å². The van der Waals surface area contributed by atoms with Crippen LogP contribution in [0.5, 0.6) is 0 Å². The molecule has 1 aliphatic heterocycles. The Kier molecular flexibility index (Phi) is 3.90. The van der Waals surface area contributed by atoms with Crippen molar-refractivity contribution in [3.63, 3.8) is 0 Å². The molecule has 0 aromatic heterocycles. The number of hydrogen-bond donors (Lipinski definition) is 2. The van der Waals surface area contributed by atoms with Gasteiger partial charge < -0.3 is 19.8 Å². The summed E-state index contributed by atoms with van der Waals surface area (Å²) in [6, 6.07) is 0. The van der Waals surface area contributed by atoms with Gasteiger partial charge >= 0.3 is 12.1 Å². The van der Waals surface area contributed by atoms with Crippen LogP contribution in [0.1, 0.15) is 12.8 Å². The Morgan fingerprint density at radius 3 is 2.73 bits per heavy atom. The van der Waals surface area contributed by atoms with Crippen molar-refractivity contribution in [2.75, 3.05) is 20.2 Å². The molecule has 0 unspecified atom stereocenters. The van der Waals surface area contributed by atoms with E-state index < -0.39 is 18.2 Å². The van der Waals surface area contributed by atoms with Crippen molar-refractivity contribution in [3.8, 4) is 0 Å². The molecule has 0 aliphatic carbocycles. The first-order valence-electron chi connectivity index (χ1n) is 4.77. The Morgan fingerprint density at radius 1 is 1.60 bits per heavy atom. The maximum Gasteiger partial charge on any atom is 0.407 e. The van der Waals surface area contributed by atoms with E-state index in [-0.39, 0.29) is 18.9 Å². The van der Waals surface area contributed by atoms with Gasteiger partial charge in [0.25, 0.3) is 0 Å². The highest BCUT2D eigenvalue weighted by Gasteiger charge is 2.31. The quantitative estimate of drug-likeness (QED) is 0.645. The molecule has 6 heteroatoms. The zero-order chi connectivity index (χ0) is 11.4. The first kappa shape index (κ1) is 11.8. The largest absolute Gasteiger partial charge is 0.469 e. The van der Waals surface area contributed by atoms with Crippen molar-refractivity contribution in [2.45, 2.75) is 18.9 Å². The maximum atomic E-state index is 10.9. The number of amides is 1. The number of carbonyl (C=O) groups excluding carboxylic acids is 1. The van der Waals surface area contributed by atoms with Crippen LogP contribution in [0, 0.1) is 5.92 Å². The third-order valence-corrected chi connectivity index (χ3v) is 2.64. The molecule has 0 saturated carbocycles. The van der Waals surface area contributed by atoms with Gasteiger partial charge in [0.05, 0.1) is 19.6 Å². The zero-order valence-electron chi connectivity index (χ0n) is 8.55. The summed E-state index contributed by atoms with van der Waals surface area (Å²) < 4.78 is 4.43. The van der Waals surface area contributed by atoms with Crippen LogP contribution in [0.25, 0.3) is 0 Å². The van der Waals surface area contributed by atoms with Gasteiger partial charge in [-0.25, -0.2) is 4.79 Å². The van der Waals surface area contributed by atoms with Gasteiger partial charge in [-0.3, -0.25) is 4.79 Å². The molecule has 2 N–H and O–H groups in total. The monoisotopic (exact) mass is 217 g/mol. The second-order valence-corrected chi connectivity index (χ2v) is 3.62. The molecular weight excluding hydrogens is 202 g/mol. The highest BCUT2D eigenvalue weighted by molar-refractivity contribution is 5.69. The van der Waals surface area contributed by atoms with Gasteiger partial charge in [0.1, 0.15) is 0 Å². The number of methoxy groups -OCH3 is 1. The average molecular weight is 217 g/mol. The molecule has 1 aliphatic rings. The smallest absolute Gasteiger partial charge is 0.407 e. The lowest BCUT2D eigenvalue weighted by Crippen LogP contribution is -2.30. The van der Waals surface area contributed by atoms with E-state index in [9.17, 15) is 14.7 Å². The van der Waals surface area contributed by atoms with Crippen molar-refractivity contribution in [2.24, 2.45) is 5.92 Å². The van der Waals surface area contributed by atoms with Gasteiger partial charge in [-0.1, -0.05) is 0 Å². The first-order chi connectivity index (χ1) is 7.04. The number of aliphatic hydroxyl groups is 1. The molecule has 0 aromatic rings. The molecule has 1 saturated heterocycles. The Balaban J connectivity index is 2.39. The van der Waals surface area contributed by atoms with Crippen molar-refractivity contribution < 1.29 is 24.5 Å². The van der Waals surface area contributed by atoms with Gasteiger partial charge in [-0.05, 0) is 6.42 Å². The van der Waals surface area contributed by atoms with Crippen molar-refractivity contribution in [1.82, 2.24) is 4.90 Å². The number of carbonyl (C=O) groups is 2. The minimum Gasteiger partial charge on any atom is -0.469 e. The number of likely N-dealkylation sites (tertiary alicyclic amines) is 1. The summed E-state index contributed by atoms with van der Waals surface area (Å²) in [6.07, 6.45) is -1.29. The van der Waals surface area contributed by atoms with Crippen LogP contribution >= 0.6 is 0 Å². The Hall–Kier alpha value is -1.30. The van der Waals surface area contributed by atoms with Crippen molar-refractivity contribution >= 4 is 12.1 Å². The second kappa shape index (κ2) is 4.97. The third kappa shape index (κ3) is 3.09.